The van der Waals surface area contributed by atoms with Gasteiger partial charge in [0, 0.05) is 0 Å². The third-order valence-corrected chi connectivity index (χ3v) is 4.43. The zero-order chi connectivity index (χ0) is 14.7. The molecule has 0 heterocycles. The minimum Gasteiger partial charge on any atom is -0.506 e. The molecule has 0 unspecified atom stereocenters. The standard InChI is InChI=1S/C10H14O7S2/c1-2-3-6-17-19(15,16)8-4-5-9(11)10(7-8)18(12,13)14/h4-5,7,11H,2-3,6H2,1H3,(H,12,13,14). The SMILES string of the molecule is CCCCOS(=O)(=O)c1ccc(O)c(S(=O)(=O)O)c1. The molecule has 0 aliphatic rings. The highest BCUT2D eigenvalue weighted by Crippen LogP contribution is 2.26. The smallest absolute Gasteiger partial charge is 0.298 e. The van der Waals surface area contributed by atoms with Crippen LogP contribution in [0.5, 0.6) is 5.75 Å². The molecule has 0 amide bonds. The van der Waals surface area contributed by atoms with Gasteiger partial charge in [-0.1, -0.05) is 13.3 Å². The number of unbranched alkanes of at least 4 members (excludes halogenated alkanes) is 1. The second kappa shape index (κ2) is 5.87. The molecule has 0 saturated carbocycles. The van der Waals surface area contributed by atoms with E-state index < -0.39 is 35.8 Å². The van der Waals surface area contributed by atoms with E-state index in [1.54, 1.807) is 0 Å². The number of phenolic OH excluding ortho intramolecular Hbond substituents is 1. The van der Waals surface area contributed by atoms with Crippen molar-refractivity contribution in [1.82, 2.24) is 0 Å². The number of benzene rings is 1. The Labute approximate surface area is 111 Å². The van der Waals surface area contributed by atoms with Gasteiger partial charge >= 0.3 is 0 Å². The fourth-order valence-electron chi connectivity index (χ4n) is 1.24. The Morgan fingerprint density at radius 1 is 1.21 bits per heavy atom. The van der Waals surface area contributed by atoms with E-state index in [1.165, 1.54) is 0 Å². The van der Waals surface area contributed by atoms with Crippen molar-refractivity contribution in [3.63, 3.8) is 0 Å². The summed E-state index contributed by atoms with van der Waals surface area (Å²) in [4.78, 5) is -1.33. The summed E-state index contributed by atoms with van der Waals surface area (Å²) in [7, 11) is -8.83. The minimum atomic E-state index is -4.71. The Morgan fingerprint density at radius 2 is 1.84 bits per heavy atom. The molecule has 0 spiro atoms. The maximum atomic E-state index is 11.7. The Hall–Kier alpha value is -1.16. The summed E-state index contributed by atoms with van der Waals surface area (Å²) >= 11 is 0. The molecule has 0 aliphatic heterocycles. The first kappa shape index (κ1) is 15.9. The summed E-state index contributed by atoms with van der Waals surface area (Å²) in [6.45, 7) is 1.83. The van der Waals surface area contributed by atoms with Crippen LogP contribution in [0.2, 0.25) is 0 Å². The maximum Gasteiger partial charge on any atom is 0.298 e. The molecule has 0 radical (unpaired) electrons. The van der Waals surface area contributed by atoms with Gasteiger partial charge in [-0.3, -0.25) is 8.74 Å². The summed E-state index contributed by atoms with van der Waals surface area (Å²) in [5.41, 5.74) is 0. The molecule has 9 heteroatoms. The summed E-state index contributed by atoms with van der Waals surface area (Å²) in [5.74, 6) is -0.741. The molecule has 2 N–H and O–H groups in total. The van der Waals surface area contributed by atoms with Gasteiger partial charge in [-0.25, -0.2) is 0 Å². The highest BCUT2D eigenvalue weighted by atomic mass is 32.2. The predicted octanol–water partition coefficient (Wildman–Crippen LogP) is 1.14. The van der Waals surface area contributed by atoms with E-state index >= 15 is 0 Å². The van der Waals surface area contributed by atoms with Crippen LogP contribution in [0, 0.1) is 0 Å². The highest BCUT2D eigenvalue weighted by molar-refractivity contribution is 7.87. The van der Waals surface area contributed by atoms with Crippen molar-refractivity contribution in [3.8, 4) is 5.75 Å². The second-order valence-electron chi connectivity index (χ2n) is 3.73. The molecule has 108 valence electrons. The lowest BCUT2D eigenvalue weighted by atomic mass is 10.3. The zero-order valence-corrected chi connectivity index (χ0v) is 11.7. The van der Waals surface area contributed by atoms with Gasteiger partial charge in [0.15, 0.2) is 0 Å². The molecule has 1 rings (SSSR count). The lowest BCUT2D eigenvalue weighted by Crippen LogP contribution is -2.09. The van der Waals surface area contributed by atoms with Gasteiger partial charge in [-0.05, 0) is 24.6 Å². The predicted molar refractivity (Wildman–Crippen MR) is 66.0 cm³/mol. The van der Waals surface area contributed by atoms with Crippen LogP contribution in [-0.2, 0) is 24.4 Å². The highest BCUT2D eigenvalue weighted by Gasteiger charge is 2.22. The number of rotatable bonds is 6. The van der Waals surface area contributed by atoms with Crippen LogP contribution in [0.4, 0.5) is 0 Å². The third kappa shape index (κ3) is 4.16. The molecule has 7 nitrogen and oxygen atoms in total. The van der Waals surface area contributed by atoms with Crippen LogP contribution in [0.1, 0.15) is 19.8 Å². The van der Waals surface area contributed by atoms with E-state index in [4.69, 9.17) is 4.55 Å². The number of aromatic hydroxyl groups is 1. The van der Waals surface area contributed by atoms with Crippen molar-refractivity contribution in [3.05, 3.63) is 18.2 Å². The summed E-state index contributed by atoms with van der Waals surface area (Å²) in [6, 6.07) is 2.50. The molecular weight excluding hydrogens is 296 g/mol. The molecule has 0 atom stereocenters. The Balaban J connectivity index is 3.16. The first-order valence-corrected chi connectivity index (χ1v) is 8.23. The lowest BCUT2D eigenvalue weighted by Gasteiger charge is -2.07. The van der Waals surface area contributed by atoms with Crippen molar-refractivity contribution in [1.29, 1.82) is 0 Å². The Morgan fingerprint density at radius 3 is 2.37 bits per heavy atom. The zero-order valence-electron chi connectivity index (χ0n) is 10.1. The van der Waals surface area contributed by atoms with Gasteiger partial charge in [0.2, 0.25) is 0 Å². The molecule has 0 fully saturated rings. The molecule has 0 aliphatic carbocycles. The van der Waals surface area contributed by atoms with Gasteiger partial charge in [0.25, 0.3) is 20.2 Å². The van der Waals surface area contributed by atoms with Crippen LogP contribution in [0.3, 0.4) is 0 Å². The first-order chi connectivity index (χ1) is 8.68. The van der Waals surface area contributed by atoms with Crippen LogP contribution < -0.4 is 0 Å². The first-order valence-electron chi connectivity index (χ1n) is 5.38. The number of phenols is 1. The van der Waals surface area contributed by atoms with Crippen LogP contribution >= 0.6 is 0 Å². The summed E-state index contributed by atoms with van der Waals surface area (Å²) in [5, 5.41) is 9.28. The fourth-order valence-corrected chi connectivity index (χ4v) is 2.89. The van der Waals surface area contributed by atoms with E-state index in [0.29, 0.717) is 12.5 Å². The maximum absolute atomic E-state index is 11.7. The van der Waals surface area contributed by atoms with Gasteiger partial charge in [0.05, 0.1) is 11.5 Å². The van der Waals surface area contributed by atoms with E-state index in [1.807, 2.05) is 6.92 Å². The van der Waals surface area contributed by atoms with Gasteiger partial charge in [0.1, 0.15) is 10.6 Å². The van der Waals surface area contributed by atoms with Crippen LogP contribution in [-0.4, -0.2) is 33.1 Å². The summed E-state index contributed by atoms with van der Waals surface area (Å²) in [6.07, 6.45) is 1.27. The van der Waals surface area contributed by atoms with Crippen molar-refractivity contribution < 1.29 is 30.7 Å². The van der Waals surface area contributed by atoms with Gasteiger partial charge in [-0.15, -0.1) is 0 Å². The molecule has 1 aromatic carbocycles. The molecule has 1 aromatic rings. The monoisotopic (exact) mass is 310 g/mol. The van der Waals surface area contributed by atoms with Crippen LogP contribution in [0.15, 0.2) is 28.0 Å². The van der Waals surface area contributed by atoms with Gasteiger partial charge in [-0.2, -0.15) is 16.8 Å². The molecule has 0 bridgehead atoms. The fraction of sp³-hybridized carbons (Fsp3) is 0.400. The van der Waals surface area contributed by atoms with E-state index in [9.17, 15) is 21.9 Å². The molecule has 0 aromatic heterocycles. The topological polar surface area (TPSA) is 118 Å². The van der Waals surface area contributed by atoms with Crippen molar-refractivity contribution in [2.75, 3.05) is 6.61 Å². The van der Waals surface area contributed by atoms with Crippen molar-refractivity contribution >= 4 is 20.2 Å². The van der Waals surface area contributed by atoms with Crippen molar-refractivity contribution in [2.45, 2.75) is 29.6 Å². The number of hydrogen-bond acceptors (Lipinski definition) is 6. The van der Waals surface area contributed by atoms with Gasteiger partial charge < -0.3 is 5.11 Å². The van der Waals surface area contributed by atoms with Crippen LogP contribution in [0.25, 0.3) is 0 Å². The quantitative estimate of drug-likeness (QED) is 0.459. The molecule has 19 heavy (non-hydrogen) atoms. The largest absolute Gasteiger partial charge is 0.506 e. The number of hydrogen-bond donors (Lipinski definition) is 2. The molecule has 0 saturated heterocycles. The minimum absolute atomic E-state index is 0.0269. The Bertz CT molecular complexity index is 646. The molecular formula is C10H14O7S2. The lowest BCUT2D eigenvalue weighted by molar-refractivity contribution is 0.310. The van der Waals surface area contributed by atoms with E-state index in [0.717, 1.165) is 18.6 Å². The van der Waals surface area contributed by atoms with E-state index in [-0.39, 0.29) is 6.61 Å². The Kier molecular flexibility index (Phi) is 4.91. The normalized spacial score (nSPS) is 12.5. The summed E-state index contributed by atoms with van der Waals surface area (Å²) < 4.78 is 58.9. The second-order valence-corrected chi connectivity index (χ2v) is 6.74. The van der Waals surface area contributed by atoms with E-state index in [2.05, 4.69) is 4.18 Å². The average Bonchev–Trinajstić information content (AvgIpc) is 2.27. The third-order valence-electron chi connectivity index (χ3n) is 2.23. The van der Waals surface area contributed by atoms with Crippen molar-refractivity contribution in [2.24, 2.45) is 0 Å². The average molecular weight is 310 g/mol.